The number of anilines is 1. The van der Waals surface area contributed by atoms with E-state index in [1.54, 1.807) is 43.3 Å². The highest BCUT2D eigenvalue weighted by Gasteiger charge is 2.17. The van der Waals surface area contributed by atoms with Crippen LogP contribution in [0, 0.1) is 0 Å². The summed E-state index contributed by atoms with van der Waals surface area (Å²) >= 11 is 15.2. The fraction of sp³-hybridized carbons (Fsp3) is 0.235. The molecule has 2 rings (SSSR count). The summed E-state index contributed by atoms with van der Waals surface area (Å²) in [6.07, 6.45) is 1.08. The second-order valence-corrected chi connectivity index (χ2v) is 9.22. The predicted molar refractivity (Wildman–Crippen MR) is 109 cm³/mol. The lowest BCUT2D eigenvalue weighted by Gasteiger charge is -2.15. The minimum atomic E-state index is -3.37. The van der Waals surface area contributed by atoms with Crippen LogP contribution in [0.15, 0.2) is 40.9 Å². The van der Waals surface area contributed by atoms with Crippen molar-refractivity contribution < 1.29 is 13.2 Å². The van der Waals surface area contributed by atoms with Gasteiger partial charge in [-0.15, -0.1) is 0 Å². The first-order chi connectivity index (χ1) is 12.1. The third kappa shape index (κ3) is 5.87. The number of benzene rings is 2. The van der Waals surface area contributed by atoms with Crippen LogP contribution in [0.3, 0.4) is 0 Å². The third-order valence-electron chi connectivity index (χ3n) is 3.63. The van der Waals surface area contributed by atoms with Crippen molar-refractivity contribution in [3.05, 3.63) is 62.0 Å². The molecule has 140 valence electrons. The molecule has 0 heterocycles. The van der Waals surface area contributed by atoms with E-state index in [1.165, 1.54) is 0 Å². The van der Waals surface area contributed by atoms with E-state index in [1.807, 2.05) is 0 Å². The molecule has 0 saturated carbocycles. The van der Waals surface area contributed by atoms with E-state index in [0.717, 1.165) is 17.4 Å². The van der Waals surface area contributed by atoms with Gasteiger partial charge >= 0.3 is 0 Å². The zero-order chi connectivity index (χ0) is 19.5. The molecule has 0 aliphatic heterocycles. The van der Waals surface area contributed by atoms with Crippen LogP contribution in [-0.4, -0.2) is 20.6 Å². The average Bonchev–Trinajstić information content (AvgIpc) is 2.55. The number of carbonyl (C=O) groups is 1. The molecule has 1 unspecified atom stereocenters. The number of carbonyl (C=O) groups excluding carboxylic acids is 1. The second kappa shape index (κ2) is 8.61. The fourth-order valence-electron chi connectivity index (χ4n) is 2.23. The maximum absolute atomic E-state index is 12.4. The minimum Gasteiger partial charge on any atom is -0.352 e. The van der Waals surface area contributed by atoms with Crippen LogP contribution in [0.1, 0.15) is 24.0 Å². The van der Waals surface area contributed by atoms with E-state index in [4.69, 9.17) is 23.2 Å². The number of nitrogens with one attached hydrogen (secondary N) is 2. The standard InChI is InChI=1S/C17H17BrCl2N2O3S/c1-10(12-4-6-16(13(18)8-12)22-26(2,24)25)17(23)21-9-11-3-5-14(19)15(20)7-11/h3-8,10,22H,9H2,1-2H3,(H,21,23). The summed E-state index contributed by atoms with van der Waals surface area (Å²) < 4.78 is 25.6. The molecule has 2 aromatic rings. The maximum Gasteiger partial charge on any atom is 0.229 e. The number of halogens is 3. The Hall–Kier alpha value is -1.28. The van der Waals surface area contributed by atoms with Gasteiger partial charge in [0.2, 0.25) is 15.9 Å². The lowest BCUT2D eigenvalue weighted by molar-refractivity contribution is -0.122. The van der Waals surface area contributed by atoms with Crippen molar-refractivity contribution in [1.29, 1.82) is 0 Å². The topological polar surface area (TPSA) is 75.3 Å². The zero-order valence-electron chi connectivity index (χ0n) is 14.0. The Kier molecular flexibility index (Phi) is 6.96. The van der Waals surface area contributed by atoms with E-state index < -0.39 is 15.9 Å². The Labute approximate surface area is 171 Å². The van der Waals surface area contributed by atoms with Gasteiger partial charge in [-0.3, -0.25) is 9.52 Å². The lowest BCUT2D eigenvalue weighted by atomic mass is 10.00. The van der Waals surface area contributed by atoms with E-state index in [0.29, 0.717) is 26.8 Å². The lowest BCUT2D eigenvalue weighted by Crippen LogP contribution is -2.27. The van der Waals surface area contributed by atoms with Crippen LogP contribution < -0.4 is 10.0 Å². The van der Waals surface area contributed by atoms with Crippen molar-refractivity contribution in [2.24, 2.45) is 0 Å². The summed E-state index contributed by atoms with van der Waals surface area (Å²) in [6, 6.07) is 10.2. The van der Waals surface area contributed by atoms with Gasteiger partial charge in [0.25, 0.3) is 0 Å². The van der Waals surface area contributed by atoms with Gasteiger partial charge in [-0.25, -0.2) is 8.42 Å². The largest absolute Gasteiger partial charge is 0.352 e. The van der Waals surface area contributed by atoms with Gasteiger partial charge in [0, 0.05) is 11.0 Å². The second-order valence-electron chi connectivity index (χ2n) is 5.80. The van der Waals surface area contributed by atoms with E-state index >= 15 is 0 Å². The Morgan fingerprint density at radius 1 is 1.15 bits per heavy atom. The normalized spacial score (nSPS) is 12.5. The average molecular weight is 480 g/mol. The van der Waals surface area contributed by atoms with Gasteiger partial charge < -0.3 is 5.32 Å². The van der Waals surface area contributed by atoms with Crippen LogP contribution in [-0.2, 0) is 21.4 Å². The quantitative estimate of drug-likeness (QED) is 0.638. The maximum atomic E-state index is 12.4. The van der Waals surface area contributed by atoms with Crippen molar-refractivity contribution in [3.8, 4) is 0 Å². The Morgan fingerprint density at radius 2 is 1.85 bits per heavy atom. The van der Waals surface area contributed by atoms with Crippen molar-refractivity contribution in [3.63, 3.8) is 0 Å². The molecule has 9 heteroatoms. The highest BCUT2D eigenvalue weighted by Crippen LogP contribution is 2.28. The van der Waals surface area contributed by atoms with E-state index in [2.05, 4.69) is 26.0 Å². The van der Waals surface area contributed by atoms with Crippen molar-refractivity contribution in [2.75, 3.05) is 11.0 Å². The summed E-state index contributed by atoms with van der Waals surface area (Å²) in [5, 5.41) is 3.74. The summed E-state index contributed by atoms with van der Waals surface area (Å²) in [5.41, 5.74) is 2.01. The highest BCUT2D eigenvalue weighted by atomic mass is 79.9. The van der Waals surface area contributed by atoms with Crippen molar-refractivity contribution in [1.82, 2.24) is 5.32 Å². The van der Waals surface area contributed by atoms with Crippen molar-refractivity contribution >= 4 is 60.7 Å². The van der Waals surface area contributed by atoms with Gasteiger partial charge in [-0.05, 0) is 58.2 Å². The van der Waals surface area contributed by atoms with Crippen LogP contribution in [0.5, 0.6) is 0 Å². The fourth-order valence-corrected chi connectivity index (χ4v) is 3.75. The first-order valence-electron chi connectivity index (χ1n) is 7.55. The smallest absolute Gasteiger partial charge is 0.229 e. The molecule has 0 radical (unpaired) electrons. The number of amides is 1. The monoisotopic (exact) mass is 478 g/mol. The molecule has 0 fully saturated rings. The van der Waals surface area contributed by atoms with Gasteiger partial charge in [-0.1, -0.05) is 35.3 Å². The summed E-state index contributed by atoms with van der Waals surface area (Å²) in [6.45, 7) is 2.10. The molecule has 0 aliphatic carbocycles. The molecular formula is C17H17BrCl2N2O3S. The number of sulfonamides is 1. The summed E-state index contributed by atoms with van der Waals surface area (Å²) in [7, 11) is -3.37. The molecule has 0 spiro atoms. The first kappa shape index (κ1) is 21.0. The Balaban J connectivity index is 2.05. The van der Waals surface area contributed by atoms with Crippen LogP contribution in [0.25, 0.3) is 0 Å². The highest BCUT2D eigenvalue weighted by molar-refractivity contribution is 9.10. The summed E-state index contributed by atoms with van der Waals surface area (Å²) in [4.78, 5) is 12.4. The Morgan fingerprint density at radius 3 is 2.42 bits per heavy atom. The van der Waals surface area contributed by atoms with E-state index in [9.17, 15) is 13.2 Å². The molecule has 2 aromatic carbocycles. The molecule has 0 aromatic heterocycles. The van der Waals surface area contributed by atoms with Crippen molar-refractivity contribution in [2.45, 2.75) is 19.4 Å². The van der Waals surface area contributed by atoms with Gasteiger partial charge in [-0.2, -0.15) is 0 Å². The molecule has 1 amide bonds. The third-order valence-corrected chi connectivity index (χ3v) is 5.62. The number of hydrogen-bond acceptors (Lipinski definition) is 3. The van der Waals surface area contributed by atoms with Crippen LogP contribution in [0.4, 0.5) is 5.69 Å². The van der Waals surface area contributed by atoms with Gasteiger partial charge in [0.1, 0.15) is 0 Å². The zero-order valence-corrected chi connectivity index (χ0v) is 17.9. The number of rotatable bonds is 6. The van der Waals surface area contributed by atoms with Gasteiger partial charge in [0.05, 0.1) is 27.9 Å². The molecule has 26 heavy (non-hydrogen) atoms. The molecule has 0 saturated heterocycles. The molecule has 0 aliphatic rings. The molecule has 5 nitrogen and oxygen atoms in total. The minimum absolute atomic E-state index is 0.160. The van der Waals surface area contributed by atoms with Gasteiger partial charge in [0.15, 0.2) is 0 Å². The van der Waals surface area contributed by atoms with Crippen LogP contribution >= 0.6 is 39.1 Å². The van der Waals surface area contributed by atoms with Crippen LogP contribution in [0.2, 0.25) is 10.0 Å². The molecule has 1 atom stereocenters. The van der Waals surface area contributed by atoms with E-state index in [-0.39, 0.29) is 5.91 Å². The summed E-state index contributed by atoms with van der Waals surface area (Å²) in [5.74, 6) is -0.576. The Bertz CT molecular complexity index is 936. The molecule has 0 bridgehead atoms. The molecular weight excluding hydrogens is 463 g/mol. The molecule has 2 N–H and O–H groups in total. The number of hydrogen-bond donors (Lipinski definition) is 2. The predicted octanol–water partition coefficient (Wildman–Crippen LogP) is 4.55. The SMILES string of the molecule is CC(C(=O)NCc1ccc(Cl)c(Cl)c1)c1ccc(NS(C)(=O)=O)c(Br)c1. The first-order valence-corrected chi connectivity index (χ1v) is 11.0.